The van der Waals surface area contributed by atoms with Gasteiger partial charge in [0.1, 0.15) is 17.7 Å². The van der Waals surface area contributed by atoms with Crippen molar-refractivity contribution < 1.29 is 23.8 Å². The van der Waals surface area contributed by atoms with E-state index < -0.39 is 0 Å². The molecule has 1 saturated heterocycles. The Morgan fingerprint density at radius 1 is 0.943 bits per heavy atom. The summed E-state index contributed by atoms with van der Waals surface area (Å²) >= 11 is 0. The molecular weight excluding hydrogens is 667 g/mol. The maximum atomic E-state index is 14.8. The first-order valence-corrected chi connectivity index (χ1v) is 20.0. The number of hydrogen-bond donors (Lipinski definition) is 0. The summed E-state index contributed by atoms with van der Waals surface area (Å²) in [4.78, 5) is 36.2. The standard InChI is InChI=1S/C43H59N5O5/c1-7-22-52-36-27-46(28-36)40(50)53-35-11-8-31(9-12-35)39(49)47(38-24-32(14-21-44-38)33-25-45-48(26-33)41(3,4)5)29-42-15-18-43(19-16-42,20-17-42)34-10-13-37(51-6)30(2)23-34/h10,13-14,21,23-26,31,35-36H,7-9,11-12,15-20,22,27-29H2,1-6H3. The zero-order valence-corrected chi connectivity index (χ0v) is 32.7. The number of aromatic nitrogens is 3. The number of pyridine rings is 1. The molecule has 1 aromatic carbocycles. The van der Waals surface area contributed by atoms with Gasteiger partial charge in [0.25, 0.3) is 0 Å². The average molecular weight is 726 g/mol. The topological polar surface area (TPSA) is 99.0 Å². The molecule has 0 atom stereocenters. The van der Waals surface area contributed by atoms with Crippen LogP contribution in [0.5, 0.6) is 5.75 Å². The van der Waals surface area contributed by atoms with Gasteiger partial charge in [-0.25, -0.2) is 9.78 Å². The van der Waals surface area contributed by atoms with Crippen molar-refractivity contribution in [2.75, 3.05) is 38.3 Å². The summed E-state index contributed by atoms with van der Waals surface area (Å²) in [6.45, 7) is 13.2. The van der Waals surface area contributed by atoms with Gasteiger partial charge in [-0.2, -0.15) is 5.10 Å². The number of benzene rings is 1. The van der Waals surface area contributed by atoms with E-state index in [1.807, 2.05) is 28.0 Å². The summed E-state index contributed by atoms with van der Waals surface area (Å²) in [5, 5.41) is 4.64. The Kier molecular flexibility index (Phi) is 10.6. The fraction of sp³-hybridized carbons (Fsp3) is 0.628. The number of carbonyl (C=O) groups is 2. The number of ether oxygens (including phenoxy) is 3. The van der Waals surface area contributed by atoms with Crippen molar-refractivity contribution in [2.24, 2.45) is 11.3 Å². The highest BCUT2D eigenvalue weighted by Gasteiger charge is 2.51. The van der Waals surface area contributed by atoms with Crippen LogP contribution in [0.2, 0.25) is 0 Å². The summed E-state index contributed by atoms with van der Waals surface area (Å²) < 4.78 is 19.2. The molecule has 3 aromatic rings. The number of likely N-dealkylation sites (tertiary alicyclic amines) is 1. The maximum absolute atomic E-state index is 14.8. The molecule has 2 amide bonds. The van der Waals surface area contributed by atoms with E-state index in [1.54, 1.807) is 12.0 Å². The Labute approximate surface area is 315 Å². The Hall–Kier alpha value is -3.92. The molecule has 0 spiro atoms. The highest BCUT2D eigenvalue weighted by atomic mass is 16.6. The smallest absolute Gasteiger partial charge is 0.410 e. The van der Waals surface area contributed by atoms with E-state index in [1.165, 1.54) is 11.1 Å². The summed E-state index contributed by atoms with van der Waals surface area (Å²) in [5.41, 5.74) is 4.74. The fourth-order valence-corrected chi connectivity index (χ4v) is 9.18. The van der Waals surface area contributed by atoms with Gasteiger partial charge in [-0.15, -0.1) is 0 Å². The number of rotatable bonds is 11. The number of anilines is 1. The van der Waals surface area contributed by atoms with E-state index in [2.05, 4.69) is 70.2 Å². The minimum atomic E-state index is -0.261. The molecule has 53 heavy (non-hydrogen) atoms. The molecule has 0 N–H and O–H groups in total. The number of fused-ring (bicyclic) bond motifs is 3. The lowest BCUT2D eigenvalue weighted by Crippen LogP contribution is -2.55. The molecular formula is C43H59N5O5. The third kappa shape index (κ3) is 7.84. The van der Waals surface area contributed by atoms with E-state index in [4.69, 9.17) is 19.2 Å². The second-order valence-electron chi connectivity index (χ2n) is 17.4. The quantitative estimate of drug-likeness (QED) is 0.196. The summed E-state index contributed by atoms with van der Waals surface area (Å²) in [6.07, 6.45) is 15.9. The van der Waals surface area contributed by atoms with Crippen molar-refractivity contribution in [3.05, 3.63) is 60.0 Å². The third-order valence-corrected chi connectivity index (χ3v) is 12.7. The van der Waals surface area contributed by atoms with Crippen molar-refractivity contribution >= 4 is 17.8 Å². The predicted molar refractivity (Wildman–Crippen MR) is 206 cm³/mol. The molecule has 0 radical (unpaired) electrons. The van der Waals surface area contributed by atoms with Crippen LogP contribution in [-0.2, 0) is 25.2 Å². The minimum Gasteiger partial charge on any atom is -0.496 e. The van der Waals surface area contributed by atoms with Gasteiger partial charge >= 0.3 is 6.09 Å². The number of nitrogens with zero attached hydrogens (tertiary/aromatic N) is 5. The second-order valence-corrected chi connectivity index (χ2v) is 17.4. The van der Waals surface area contributed by atoms with Crippen molar-refractivity contribution in [1.82, 2.24) is 19.7 Å². The molecule has 1 aliphatic heterocycles. The molecule has 10 heteroatoms. The van der Waals surface area contributed by atoms with Gasteiger partial charge < -0.3 is 19.1 Å². The van der Waals surface area contributed by atoms with Crippen LogP contribution in [0, 0.1) is 18.3 Å². The lowest BCUT2D eigenvalue weighted by molar-refractivity contribution is -0.125. The summed E-state index contributed by atoms with van der Waals surface area (Å²) in [6, 6.07) is 10.8. The molecule has 5 aliphatic rings. The van der Waals surface area contributed by atoms with Gasteiger partial charge in [0, 0.05) is 37.0 Å². The van der Waals surface area contributed by atoms with Crippen molar-refractivity contribution in [1.29, 1.82) is 0 Å². The first-order chi connectivity index (χ1) is 25.4. The molecule has 5 fully saturated rings. The normalized spacial score (nSPS) is 25.9. The number of aryl methyl sites for hydroxylation is 1. The molecule has 286 valence electrons. The molecule has 10 nitrogen and oxygen atoms in total. The first-order valence-electron chi connectivity index (χ1n) is 20.0. The monoisotopic (exact) mass is 725 g/mol. The highest BCUT2D eigenvalue weighted by Crippen LogP contribution is 2.58. The first kappa shape index (κ1) is 37.4. The maximum Gasteiger partial charge on any atom is 0.410 e. The molecule has 3 heterocycles. The SMILES string of the molecule is CCCOC1CN(C(=O)OC2CCC(C(=O)N(CC34CCC(c5ccc(OC)c(C)c5)(CC3)CC4)c3cc(-c4cnn(C(C)(C)C)c4)ccn3)CC2)C1. The van der Waals surface area contributed by atoms with Crippen molar-refractivity contribution in [2.45, 2.75) is 128 Å². The van der Waals surface area contributed by atoms with Gasteiger partial charge in [0.2, 0.25) is 5.91 Å². The summed E-state index contributed by atoms with van der Waals surface area (Å²) in [7, 11) is 1.74. The zero-order chi connectivity index (χ0) is 37.4. The number of amides is 2. The van der Waals surface area contributed by atoms with E-state index >= 15 is 0 Å². The van der Waals surface area contributed by atoms with Gasteiger partial charge in [-0.05, 0) is 144 Å². The third-order valence-electron chi connectivity index (χ3n) is 12.7. The Morgan fingerprint density at radius 2 is 1.66 bits per heavy atom. The summed E-state index contributed by atoms with van der Waals surface area (Å²) in [5.74, 6) is 1.66. The van der Waals surface area contributed by atoms with Gasteiger partial charge in [-0.1, -0.05) is 19.1 Å². The number of carbonyl (C=O) groups excluding carboxylic acids is 2. The lowest BCUT2D eigenvalue weighted by atomic mass is 9.51. The van der Waals surface area contributed by atoms with Crippen molar-refractivity contribution in [3.8, 4) is 16.9 Å². The second kappa shape index (κ2) is 15.1. The van der Waals surface area contributed by atoms with Crippen LogP contribution in [0.4, 0.5) is 10.6 Å². The lowest BCUT2D eigenvalue weighted by Gasteiger charge is -2.55. The van der Waals surface area contributed by atoms with Crippen LogP contribution in [0.25, 0.3) is 11.1 Å². The van der Waals surface area contributed by atoms with Crippen LogP contribution in [0.1, 0.15) is 109 Å². The van der Waals surface area contributed by atoms with E-state index in [-0.39, 0.29) is 46.5 Å². The predicted octanol–water partition coefficient (Wildman–Crippen LogP) is 8.45. The Morgan fingerprint density at radius 3 is 2.28 bits per heavy atom. The highest BCUT2D eigenvalue weighted by molar-refractivity contribution is 5.95. The number of hydrogen-bond acceptors (Lipinski definition) is 7. The minimum absolute atomic E-state index is 0.0520. The van der Waals surface area contributed by atoms with Gasteiger partial charge in [0.05, 0.1) is 38.0 Å². The van der Waals surface area contributed by atoms with Crippen LogP contribution >= 0.6 is 0 Å². The molecule has 8 rings (SSSR count). The Balaban J connectivity index is 1.06. The largest absolute Gasteiger partial charge is 0.496 e. The fourth-order valence-electron chi connectivity index (χ4n) is 9.18. The van der Waals surface area contributed by atoms with E-state index in [9.17, 15) is 9.59 Å². The van der Waals surface area contributed by atoms with E-state index in [0.29, 0.717) is 51.1 Å². The molecule has 4 saturated carbocycles. The zero-order valence-electron chi connectivity index (χ0n) is 32.7. The molecule has 2 bridgehead atoms. The van der Waals surface area contributed by atoms with Crippen LogP contribution < -0.4 is 9.64 Å². The van der Waals surface area contributed by atoms with Crippen LogP contribution in [0.15, 0.2) is 48.9 Å². The van der Waals surface area contributed by atoms with Gasteiger partial charge in [-0.3, -0.25) is 14.4 Å². The van der Waals surface area contributed by atoms with Crippen molar-refractivity contribution in [3.63, 3.8) is 0 Å². The molecule has 4 aliphatic carbocycles. The van der Waals surface area contributed by atoms with Crippen LogP contribution in [-0.4, -0.2) is 77.2 Å². The Bertz CT molecular complexity index is 1740. The number of methoxy groups -OCH3 is 1. The van der Waals surface area contributed by atoms with Crippen LogP contribution in [0.3, 0.4) is 0 Å². The van der Waals surface area contributed by atoms with E-state index in [0.717, 1.165) is 68.4 Å². The molecule has 2 aromatic heterocycles. The van der Waals surface area contributed by atoms with Gasteiger partial charge in [0.15, 0.2) is 0 Å². The molecule has 0 unspecified atom stereocenters. The average Bonchev–Trinajstić information content (AvgIpc) is 3.66.